The molecular formula is C15H18FIN4O3. The number of carbonyl (C=O) groups excluding carboxylic acids is 2. The van der Waals surface area contributed by atoms with Gasteiger partial charge in [-0.1, -0.05) is 0 Å². The highest BCUT2D eigenvalue weighted by Gasteiger charge is 2.26. The number of amides is 2. The largest absolute Gasteiger partial charge is 0.391 e. The van der Waals surface area contributed by atoms with Crippen LogP contribution in [0.1, 0.15) is 17.4 Å². The fourth-order valence-electron chi connectivity index (χ4n) is 2.30. The first-order valence-corrected chi connectivity index (χ1v) is 8.14. The second-order valence-corrected chi connectivity index (χ2v) is 6.77. The van der Waals surface area contributed by atoms with Crippen LogP contribution in [-0.2, 0) is 4.79 Å². The van der Waals surface area contributed by atoms with Crippen molar-refractivity contribution < 1.29 is 19.1 Å². The van der Waals surface area contributed by atoms with Crippen LogP contribution < -0.4 is 13.7 Å². The molecule has 0 aliphatic carbocycles. The van der Waals surface area contributed by atoms with E-state index in [2.05, 4.69) is 15.6 Å². The highest BCUT2D eigenvalue weighted by Crippen LogP contribution is 2.28. The number of nitrogens with one attached hydrogen (secondary N) is 3. The zero-order valence-electron chi connectivity index (χ0n) is 13.4. The monoisotopic (exact) mass is 448 g/mol. The number of benzene rings is 1. The van der Waals surface area contributed by atoms with Gasteiger partial charge in [0.15, 0.2) is 5.82 Å². The van der Waals surface area contributed by atoms with E-state index in [4.69, 9.17) is 0 Å². The number of fused-ring (bicyclic) bond motifs is 1. The molecule has 1 aromatic carbocycles. The van der Waals surface area contributed by atoms with Crippen LogP contribution in [0.15, 0.2) is 18.2 Å². The number of rotatable bonds is 5. The summed E-state index contributed by atoms with van der Waals surface area (Å²) >= 11 is 1.95. The summed E-state index contributed by atoms with van der Waals surface area (Å²) in [5, 5.41) is 14.7. The molecule has 1 aromatic heterocycles. The van der Waals surface area contributed by atoms with Crippen LogP contribution in [0.5, 0.6) is 0 Å². The maximum Gasteiger partial charge on any atom is 0.268 e. The van der Waals surface area contributed by atoms with Crippen molar-refractivity contribution in [1.82, 2.24) is 15.6 Å². The summed E-state index contributed by atoms with van der Waals surface area (Å²) in [6, 6.07) is 3.55. The maximum atomic E-state index is 14.5. The Kier molecular flexibility index (Phi) is 5.65. The lowest BCUT2D eigenvalue weighted by atomic mass is 10.1. The highest BCUT2D eigenvalue weighted by atomic mass is 127. The van der Waals surface area contributed by atoms with Gasteiger partial charge in [-0.2, -0.15) is 0 Å². The van der Waals surface area contributed by atoms with E-state index in [1.807, 2.05) is 22.9 Å². The predicted octanol–water partition coefficient (Wildman–Crippen LogP) is 1.32. The Morgan fingerprint density at radius 1 is 1.42 bits per heavy atom. The Bertz CT molecular complexity index is 775. The van der Waals surface area contributed by atoms with Crippen LogP contribution >= 0.6 is 22.9 Å². The molecular weight excluding hydrogens is 430 g/mol. The van der Waals surface area contributed by atoms with Crippen LogP contribution in [0, 0.1) is 5.82 Å². The van der Waals surface area contributed by atoms with E-state index in [9.17, 15) is 19.1 Å². The van der Waals surface area contributed by atoms with Crippen LogP contribution in [0.2, 0.25) is 0 Å². The van der Waals surface area contributed by atoms with Gasteiger partial charge in [-0.05, 0) is 25.1 Å². The first-order valence-electron chi connectivity index (χ1n) is 7.17. The summed E-state index contributed by atoms with van der Waals surface area (Å²) in [7, 11) is 3.12. The minimum atomic E-state index is -1.10. The number of aromatic amines is 1. The molecule has 0 fully saturated rings. The van der Waals surface area contributed by atoms with E-state index in [0.29, 0.717) is 11.2 Å². The lowest BCUT2D eigenvalue weighted by molar-refractivity contribution is -0.124. The van der Waals surface area contributed by atoms with Crippen molar-refractivity contribution in [2.75, 3.05) is 17.2 Å². The molecule has 9 heteroatoms. The van der Waals surface area contributed by atoms with E-state index in [1.54, 1.807) is 22.3 Å². The number of hydrogen-bond acceptors (Lipinski definition) is 4. The van der Waals surface area contributed by atoms with Crippen molar-refractivity contribution in [2.45, 2.75) is 19.1 Å². The molecule has 0 spiro atoms. The first-order chi connectivity index (χ1) is 11.3. The van der Waals surface area contributed by atoms with Crippen molar-refractivity contribution in [3.05, 3.63) is 29.7 Å². The van der Waals surface area contributed by atoms with Crippen molar-refractivity contribution in [2.24, 2.45) is 0 Å². The molecule has 4 N–H and O–H groups in total. The number of aliphatic hydroxyl groups is 1. The Balaban J connectivity index is 2.33. The number of carbonyl (C=O) groups is 2. The second-order valence-electron chi connectivity index (χ2n) is 5.33. The Morgan fingerprint density at radius 3 is 2.62 bits per heavy atom. The molecule has 0 unspecified atom stereocenters. The number of hydrogen-bond donors (Lipinski definition) is 4. The van der Waals surface area contributed by atoms with Gasteiger partial charge < -0.3 is 23.8 Å². The van der Waals surface area contributed by atoms with Crippen LogP contribution in [0.3, 0.4) is 0 Å². The van der Waals surface area contributed by atoms with E-state index in [1.165, 1.54) is 20.0 Å². The average molecular weight is 448 g/mol. The van der Waals surface area contributed by atoms with Gasteiger partial charge in [0.05, 0.1) is 34.7 Å². The second kappa shape index (κ2) is 7.34. The molecule has 2 aromatic rings. The van der Waals surface area contributed by atoms with Crippen LogP contribution in [0.25, 0.3) is 10.9 Å². The molecule has 130 valence electrons. The third-order valence-corrected chi connectivity index (χ3v) is 4.11. The SMILES string of the molecule is CNC(=O)[C@@H](NC(=O)c1cc2c(F)c(N(C)I)ccc2[nH]1)[C@@H](C)O. The molecule has 0 saturated heterocycles. The van der Waals surface area contributed by atoms with Crippen molar-refractivity contribution in [1.29, 1.82) is 0 Å². The van der Waals surface area contributed by atoms with Gasteiger partial charge in [0.25, 0.3) is 5.91 Å². The summed E-state index contributed by atoms with van der Waals surface area (Å²) in [6.45, 7) is 1.40. The van der Waals surface area contributed by atoms with E-state index in [0.717, 1.165) is 0 Å². The standard InChI is InChI=1S/C15H18FIN4O3/c1-7(22)13(15(24)18-2)20-14(23)10-6-8-9(19-10)4-5-11(12(8)16)21(3)17/h4-7,13,19,22H,1-3H3,(H,18,24)(H,20,23)/t7-,13+/m1/s1. The zero-order chi connectivity index (χ0) is 18.0. The fourth-order valence-corrected chi connectivity index (χ4v) is 2.67. The minimum Gasteiger partial charge on any atom is -0.391 e. The van der Waals surface area contributed by atoms with E-state index >= 15 is 0 Å². The first kappa shape index (κ1) is 18.5. The lowest BCUT2D eigenvalue weighted by Gasteiger charge is -2.19. The molecule has 24 heavy (non-hydrogen) atoms. The molecule has 0 bridgehead atoms. The Morgan fingerprint density at radius 2 is 2.08 bits per heavy atom. The van der Waals surface area contributed by atoms with Crippen LogP contribution in [0.4, 0.5) is 10.1 Å². The molecule has 2 atom stereocenters. The van der Waals surface area contributed by atoms with Gasteiger partial charge in [-0.3, -0.25) is 9.59 Å². The summed E-state index contributed by atoms with van der Waals surface area (Å²) in [4.78, 5) is 26.8. The molecule has 0 saturated carbocycles. The Hall–Kier alpha value is -1.88. The van der Waals surface area contributed by atoms with Crippen LogP contribution in [-0.4, -0.2) is 48.1 Å². The number of aliphatic hydroxyl groups excluding tert-OH is 1. The zero-order valence-corrected chi connectivity index (χ0v) is 15.5. The van der Waals surface area contributed by atoms with Crippen molar-refractivity contribution in [3.8, 4) is 0 Å². The fraction of sp³-hybridized carbons (Fsp3) is 0.333. The summed E-state index contributed by atoms with van der Waals surface area (Å²) in [5.41, 5.74) is 0.959. The Labute approximate surface area is 152 Å². The normalized spacial score (nSPS) is 13.4. The van der Waals surface area contributed by atoms with Gasteiger partial charge in [-0.15, -0.1) is 0 Å². The summed E-state index contributed by atoms with van der Waals surface area (Å²) < 4.78 is 16.1. The highest BCUT2D eigenvalue weighted by molar-refractivity contribution is 14.1. The van der Waals surface area contributed by atoms with Gasteiger partial charge >= 0.3 is 0 Å². The average Bonchev–Trinajstić information content (AvgIpc) is 2.96. The molecule has 2 rings (SSSR count). The number of aromatic nitrogens is 1. The van der Waals surface area contributed by atoms with Gasteiger partial charge in [0, 0.05) is 25.0 Å². The molecule has 0 aliphatic heterocycles. The van der Waals surface area contributed by atoms with Gasteiger partial charge in [0.1, 0.15) is 11.7 Å². The van der Waals surface area contributed by atoms with Crippen molar-refractivity contribution >= 4 is 51.3 Å². The quantitative estimate of drug-likeness (QED) is 0.410. The van der Waals surface area contributed by atoms with E-state index in [-0.39, 0.29) is 11.1 Å². The van der Waals surface area contributed by atoms with Gasteiger partial charge in [0.2, 0.25) is 5.91 Å². The number of nitrogens with zero attached hydrogens (tertiary/aromatic N) is 1. The minimum absolute atomic E-state index is 0.103. The third kappa shape index (κ3) is 3.61. The summed E-state index contributed by atoms with van der Waals surface area (Å²) in [5.74, 6) is -1.57. The molecule has 1 heterocycles. The predicted molar refractivity (Wildman–Crippen MR) is 97.7 cm³/mol. The molecule has 7 nitrogen and oxygen atoms in total. The number of H-pyrrole nitrogens is 1. The van der Waals surface area contributed by atoms with Crippen molar-refractivity contribution in [3.63, 3.8) is 0 Å². The van der Waals surface area contributed by atoms with E-state index < -0.39 is 29.8 Å². The van der Waals surface area contributed by atoms with Gasteiger partial charge in [-0.25, -0.2) is 4.39 Å². The molecule has 0 aliphatic rings. The smallest absolute Gasteiger partial charge is 0.268 e. The number of anilines is 1. The maximum absolute atomic E-state index is 14.5. The topological polar surface area (TPSA) is 97.5 Å². The summed E-state index contributed by atoms with van der Waals surface area (Å²) in [6.07, 6.45) is -1.07. The third-order valence-electron chi connectivity index (χ3n) is 3.59. The molecule has 2 amide bonds. The number of halogens is 2. The number of likely N-dealkylation sites (N-methyl/N-ethyl adjacent to an activating group) is 1. The lowest BCUT2D eigenvalue weighted by Crippen LogP contribution is -2.51. The molecule has 0 radical (unpaired) electrons.